The zero-order chi connectivity index (χ0) is 17.8. The Labute approximate surface area is 151 Å². The van der Waals surface area contributed by atoms with Gasteiger partial charge in [0.1, 0.15) is 17.4 Å². The van der Waals surface area contributed by atoms with Crippen LogP contribution in [-0.4, -0.2) is 18.1 Å². The van der Waals surface area contributed by atoms with Crippen molar-refractivity contribution in [3.8, 4) is 16.3 Å². The van der Waals surface area contributed by atoms with Crippen molar-refractivity contribution < 1.29 is 14.3 Å². The number of carbonyl (C=O) groups is 1. The summed E-state index contributed by atoms with van der Waals surface area (Å²) < 4.78 is 10.5. The lowest BCUT2D eigenvalue weighted by Crippen LogP contribution is -2.06. The maximum absolute atomic E-state index is 12.2. The van der Waals surface area contributed by atoms with E-state index in [-0.39, 0.29) is 12.6 Å². The number of benzene rings is 2. The molecule has 0 fully saturated rings. The van der Waals surface area contributed by atoms with Crippen molar-refractivity contribution in [1.29, 1.82) is 0 Å². The first kappa shape index (κ1) is 17.2. The Kier molecular flexibility index (Phi) is 5.14. The summed E-state index contributed by atoms with van der Waals surface area (Å²) in [5.41, 5.74) is 4.55. The zero-order valence-corrected chi connectivity index (χ0v) is 15.2. The molecule has 0 aliphatic carbocycles. The van der Waals surface area contributed by atoms with E-state index in [1.807, 2.05) is 55.6 Å². The molecule has 25 heavy (non-hydrogen) atoms. The number of esters is 1. The number of carbonyl (C=O) groups excluding carboxylic acids is 1. The molecule has 5 heteroatoms. The van der Waals surface area contributed by atoms with Gasteiger partial charge in [0.15, 0.2) is 0 Å². The molecule has 0 saturated carbocycles. The van der Waals surface area contributed by atoms with Gasteiger partial charge in [-0.1, -0.05) is 6.07 Å². The van der Waals surface area contributed by atoms with Crippen molar-refractivity contribution in [3.63, 3.8) is 0 Å². The van der Waals surface area contributed by atoms with Crippen LogP contribution in [0.3, 0.4) is 0 Å². The SMILES string of the molecule is COc1ccc(-c2nc(COC(=O)c3ccc(C)c(C)c3)cs2)cc1. The molecule has 0 amide bonds. The lowest BCUT2D eigenvalue weighted by Gasteiger charge is -2.05. The van der Waals surface area contributed by atoms with E-state index in [0.717, 1.165) is 33.1 Å². The summed E-state index contributed by atoms with van der Waals surface area (Å²) in [4.78, 5) is 16.7. The van der Waals surface area contributed by atoms with Gasteiger partial charge in [0.05, 0.1) is 18.4 Å². The van der Waals surface area contributed by atoms with Gasteiger partial charge in [-0.05, 0) is 61.4 Å². The van der Waals surface area contributed by atoms with E-state index in [4.69, 9.17) is 9.47 Å². The number of hydrogen-bond donors (Lipinski definition) is 0. The van der Waals surface area contributed by atoms with Crippen molar-refractivity contribution in [3.05, 3.63) is 70.2 Å². The predicted octanol–water partition coefficient (Wildman–Crippen LogP) is 4.79. The fraction of sp³-hybridized carbons (Fsp3) is 0.200. The van der Waals surface area contributed by atoms with Crippen LogP contribution in [0, 0.1) is 13.8 Å². The van der Waals surface area contributed by atoms with Crippen LogP contribution in [-0.2, 0) is 11.3 Å². The van der Waals surface area contributed by atoms with Crippen LogP contribution < -0.4 is 4.74 Å². The van der Waals surface area contributed by atoms with Crippen molar-refractivity contribution in [2.45, 2.75) is 20.5 Å². The summed E-state index contributed by atoms with van der Waals surface area (Å²) in [6.07, 6.45) is 0. The van der Waals surface area contributed by atoms with Gasteiger partial charge in [0.2, 0.25) is 0 Å². The van der Waals surface area contributed by atoms with Crippen LogP contribution in [0.25, 0.3) is 10.6 Å². The molecule has 0 unspecified atom stereocenters. The van der Waals surface area contributed by atoms with Crippen molar-refractivity contribution >= 4 is 17.3 Å². The fourth-order valence-corrected chi connectivity index (χ4v) is 3.14. The van der Waals surface area contributed by atoms with E-state index in [9.17, 15) is 4.79 Å². The van der Waals surface area contributed by atoms with E-state index in [2.05, 4.69) is 4.98 Å². The van der Waals surface area contributed by atoms with Gasteiger partial charge in [0, 0.05) is 10.9 Å². The smallest absolute Gasteiger partial charge is 0.338 e. The molecule has 4 nitrogen and oxygen atoms in total. The van der Waals surface area contributed by atoms with Crippen LogP contribution >= 0.6 is 11.3 Å². The average Bonchev–Trinajstić information content (AvgIpc) is 3.11. The Morgan fingerprint density at radius 2 is 1.84 bits per heavy atom. The van der Waals surface area contributed by atoms with Gasteiger partial charge in [0.25, 0.3) is 0 Å². The molecule has 1 aromatic heterocycles. The lowest BCUT2D eigenvalue weighted by atomic mass is 10.1. The van der Waals surface area contributed by atoms with Crippen molar-refractivity contribution in [2.24, 2.45) is 0 Å². The lowest BCUT2D eigenvalue weighted by molar-refractivity contribution is 0.0468. The monoisotopic (exact) mass is 353 g/mol. The first-order valence-corrected chi connectivity index (χ1v) is 8.78. The zero-order valence-electron chi connectivity index (χ0n) is 14.4. The Hall–Kier alpha value is -2.66. The van der Waals surface area contributed by atoms with Gasteiger partial charge in [-0.2, -0.15) is 0 Å². The average molecular weight is 353 g/mol. The molecule has 0 aliphatic rings. The second kappa shape index (κ2) is 7.49. The third-order valence-electron chi connectivity index (χ3n) is 3.98. The third kappa shape index (κ3) is 4.06. The molecule has 0 atom stereocenters. The first-order chi connectivity index (χ1) is 12.1. The number of thiazole rings is 1. The number of rotatable bonds is 5. The molecule has 0 aliphatic heterocycles. The Morgan fingerprint density at radius 1 is 1.08 bits per heavy atom. The van der Waals surface area contributed by atoms with E-state index >= 15 is 0 Å². The van der Waals surface area contributed by atoms with Gasteiger partial charge < -0.3 is 9.47 Å². The van der Waals surface area contributed by atoms with E-state index < -0.39 is 0 Å². The standard InChI is InChI=1S/C20H19NO3S/c1-13-4-5-16(10-14(13)2)20(22)24-11-17-12-25-19(21-17)15-6-8-18(23-3)9-7-15/h4-10,12H,11H2,1-3H3. The van der Waals surface area contributed by atoms with Crippen LogP contribution in [0.15, 0.2) is 47.8 Å². The summed E-state index contributed by atoms with van der Waals surface area (Å²) in [7, 11) is 1.64. The maximum atomic E-state index is 12.2. The number of hydrogen-bond acceptors (Lipinski definition) is 5. The summed E-state index contributed by atoms with van der Waals surface area (Å²) in [6.45, 7) is 4.16. The molecule has 0 saturated heterocycles. The van der Waals surface area contributed by atoms with Crippen LogP contribution in [0.5, 0.6) is 5.75 Å². The molecule has 3 aromatic rings. The Balaban J connectivity index is 1.64. The highest BCUT2D eigenvalue weighted by Crippen LogP contribution is 2.26. The third-order valence-corrected chi connectivity index (χ3v) is 4.92. The van der Waals surface area contributed by atoms with Crippen molar-refractivity contribution in [1.82, 2.24) is 4.98 Å². The number of aromatic nitrogens is 1. The van der Waals surface area contributed by atoms with Gasteiger partial charge in [-0.15, -0.1) is 11.3 Å². The molecule has 3 rings (SSSR count). The Morgan fingerprint density at radius 3 is 2.52 bits per heavy atom. The first-order valence-electron chi connectivity index (χ1n) is 7.90. The second-order valence-corrected chi connectivity index (χ2v) is 6.61. The molecule has 128 valence electrons. The van der Waals surface area contributed by atoms with E-state index in [0.29, 0.717) is 5.56 Å². The quantitative estimate of drug-likeness (QED) is 0.619. The highest BCUT2D eigenvalue weighted by molar-refractivity contribution is 7.13. The minimum atomic E-state index is -0.331. The molecular formula is C20H19NO3S. The molecule has 0 spiro atoms. The van der Waals surface area contributed by atoms with Crippen LogP contribution in [0.1, 0.15) is 27.2 Å². The molecule has 0 N–H and O–H groups in total. The number of ether oxygens (including phenoxy) is 2. The van der Waals surface area contributed by atoms with Gasteiger partial charge in [-0.3, -0.25) is 0 Å². The topological polar surface area (TPSA) is 48.4 Å². The largest absolute Gasteiger partial charge is 0.497 e. The van der Waals surface area contributed by atoms with Crippen LogP contribution in [0.4, 0.5) is 0 Å². The van der Waals surface area contributed by atoms with E-state index in [1.54, 1.807) is 13.2 Å². The van der Waals surface area contributed by atoms with Crippen molar-refractivity contribution in [2.75, 3.05) is 7.11 Å². The van der Waals surface area contributed by atoms with Gasteiger partial charge in [-0.25, -0.2) is 9.78 Å². The minimum Gasteiger partial charge on any atom is -0.497 e. The van der Waals surface area contributed by atoms with Gasteiger partial charge >= 0.3 is 5.97 Å². The fourth-order valence-electron chi connectivity index (χ4n) is 2.33. The molecule has 0 bridgehead atoms. The van der Waals surface area contributed by atoms with E-state index in [1.165, 1.54) is 11.3 Å². The Bertz CT molecular complexity index is 884. The molecule has 1 heterocycles. The summed E-state index contributed by atoms with van der Waals surface area (Å²) in [6, 6.07) is 13.3. The maximum Gasteiger partial charge on any atom is 0.338 e. The summed E-state index contributed by atoms with van der Waals surface area (Å²) >= 11 is 1.52. The highest BCUT2D eigenvalue weighted by Gasteiger charge is 2.11. The highest BCUT2D eigenvalue weighted by atomic mass is 32.1. The summed E-state index contributed by atoms with van der Waals surface area (Å²) in [5.74, 6) is 0.477. The molecule has 0 radical (unpaired) electrons. The second-order valence-electron chi connectivity index (χ2n) is 5.75. The summed E-state index contributed by atoms with van der Waals surface area (Å²) in [5, 5.41) is 2.80. The number of aryl methyl sites for hydroxylation is 2. The van der Waals surface area contributed by atoms with Crippen LogP contribution in [0.2, 0.25) is 0 Å². The minimum absolute atomic E-state index is 0.165. The molecule has 2 aromatic carbocycles. The predicted molar refractivity (Wildman–Crippen MR) is 99.1 cm³/mol. The normalized spacial score (nSPS) is 10.5. The molecular weight excluding hydrogens is 334 g/mol. The number of nitrogens with zero attached hydrogens (tertiary/aromatic N) is 1. The number of methoxy groups -OCH3 is 1.